The van der Waals surface area contributed by atoms with Crippen LogP contribution in [0.5, 0.6) is 0 Å². The van der Waals surface area contributed by atoms with Gasteiger partial charge < -0.3 is 15.2 Å². The molecule has 0 radical (unpaired) electrons. The van der Waals surface area contributed by atoms with E-state index in [4.69, 9.17) is 4.74 Å². The van der Waals surface area contributed by atoms with Crippen LogP contribution in [0.15, 0.2) is 24.3 Å². The molecule has 26 heavy (non-hydrogen) atoms. The lowest BCUT2D eigenvalue weighted by atomic mass is 10.00. The minimum absolute atomic E-state index is 0.192. The minimum atomic E-state index is -0.542. The average molecular weight is 360 g/mol. The molecule has 1 aliphatic heterocycles. The van der Waals surface area contributed by atoms with Crippen LogP contribution in [0.3, 0.4) is 0 Å². The fourth-order valence-corrected chi connectivity index (χ4v) is 4.05. The van der Waals surface area contributed by atoms with Crippen molar-refractivity contribution in [2.45, 2.75) is 19.4 Å². The quantitative estimate of drug-likeness (QED) is 0.841. The highest BCUT2D eigenvalue weighted by molar-refractivity contribution is 5.90. The Morgan fingerprint density at radius 3 is 2.88 bits per heavy atom. The highest BCUT2D eigenvalue weighted by Crippen LogP contribution is 2.57. The molecular formula is C19H21FN2O4. The van der Waals surface area contributed by atoms with Gasteiger partial charge in [-0.2, -0.15) is 0 Å². The van der Waals surface area contributed by atoms with E-state index in [9.17, 15) is 19.1 Å². The summed E-state index contributed by atoms with van der Waals surface area (Å²) < 4.78 is 19.8. The van der Waals surface area contributed by atoms with E-state index in [1.807, 2.05) is 0 Å². The van der Waals surface area contributed by atoms with Crippen molar-refractivity contribution in [3.63, 3.8) is 0 Å². The van der Waals surface area contributed by atoms with Gasteiger partial charge >= 0.3 is 6.09 Å². The van der Waals surface area contributed by atoms with Crippen LogP contribution in [0.25, 0.3) is 5.57 Å². The van der Waals surface area contributed by atoms with Crippen molar-refractivity contribution in [3.8, 4) is 0 Å². The maximum Gasteiger partial charge on any atom is 0.414 e. The number of benzene rings is 1. The van der Waals surface area contributed by atoms with Gasteiger partial charge in [0, 0.05) is 19.1 Å². The molecule has 3 aliphatic rings. The molecule has 0 unspecified atom stereocenters. The summed E-state index contributed by atoms with van der Waals surface area (Å²) >= 11 is 0. The highest BCUT2D eigenvalue weighted by Gasteiger charge is 2.51. The maximum atomic E-state index is 14.6. The van der Waals surface area contributed by atoms with E-state index in [0.717, 1.165) is 12.0 Å². The predicted molar refractivity (Wildman–Crippen MR) is 92.8 cm³/mol. The zero-order valence-corrected chi connectivity index (χ0v) is 14.4. The molecule has 2 aliphatic carbocycles. The van der Waals surface area contributed by atoms with Crippen molar-refractivity contribution in [3.05, 3.63) is 35.7 Å². The Morgan fingerprint density at radius 1 is 1.46 bits per heavy atom. The second kappa shape index (κ2) is 6.39. The molecule has 2 N–H and O–H groups in total. The molecule has 1 aromatic carbocycles. The fraction of sp³-hybridized carbons (Fsp3) is 0.474. The zero-order valence-electron chi connectivity index (χ0n) is 14.4. The van der Waals surface area contributed by atoms with Gasteiger partial charge in [0.1, 0.15) is 11.9 Å². The zero-order chi connectivity index (χ0) is 18.4. The number of nitrogens with one attached hydrogen (secondary N) is 1. The van der Waals surface area contributed by atoms with Gasteiger partial charge in [0.25, 0.3) is 0 Å². The molecule has 1 heterocycles. The van der Waals surface area contributed by atoms with E-state index in [0.29, 0.717) is 29.0 Å². The molecule has 1 saturated carbocycles. The first-order valence-corrected chi connectivity index (χ1v) is 8.82. The number of carbonyl (C=O) groups excluding carboxylic acids is 2. The van der Waals surface area contributed by atoms with Crippen molar-refractivity contribution >= 4 is 23.3 Å². The summed E-state index contributed by atoms with van der Waals surface area (Å²) in [7, 11) is 0. The summed E-state index contributed by atoms with van der Waals surface area (Å²) in [5, 5.41) is 11.8. The number of aliphatic hydroxyl groups excluding tert-OH is 1. The molecule has 1 aromatic rings. The second-order valence-corrected chi connectivity index (χ2v) is 7.20. The van der Waals surface area contributed by atoms with Gasteiger partial charge in [-0.1, -0.05) is 6.08 Å². The summed E-state index contributed by atoms with van der Waals surface area (Å²) in [5.74, 6) is 0.588. The molecule has 4 atom stereocenters. The average Bonchev–Trinajstić information content (AvgIpc) is 2.93. The SMILES string of the molecule is CC(=O)NC[C@H]1CN(c2ccc(C3=C[C@@H]4[C@@H](CO)[C@@H]4C3)c(F)c2)C(=O)O1. The third-order valence-electron chi connectivity index (χ3n) is 5.52. The Morgan fingerprint density at radius 2 is 2.27 bits per heavy atom. The number of allylic oxidation sites excluding steroid dienone is 2. The molecule has 138 valence electrons. The van der Waals surface area contributed by atoms with Gasteiger partial charge in [0.2, 0.25) is 5.91 Å². The summed E-state index contributed by atoms with van der Waals surface area (Å²) in [6, 6.07) is 4.77. The predicted octanol–water partition coefficient (Wildman–Crippen LogP) is 1.93. The number of ether oxygens (including phenoxy) is 1. The third kappa shape index (κ3) is 2.96. The van der Waals surface area contributed by atoms with Crippen molar-refractivity contribution in [2.75, 3.05) is 24.6 Å². The molecule has 1 saturated heterocycles. The molecule has 0 bridgehead atoms. The fourth-order valence-electron chi connectivity index (χ4n) is 4.05. The number of cyclic esters (lactones) is 1. The van der Waals surface area contributed by atoms with Crippen molar-refractivity contribution in [1.82, 2.24) is 5.32 Å². The van der Waals surface area contributed by atoms with Gasteiger partial charge in [-0.15, -0.1) is 0 Å². The normalized spacial score (nSPS) is 29.3. The van der Waals surface area contributed by atoms with Crippen LogP contribution in [0.4, 0.5) is 14.9 Å². The standard InChI is InChI=1S/C19H21FN2O4/c1-10(24)21-7-13-8-22(19(25)26-13)12-2-3-14(18(20)6-12)11-4-15-16(5-11)17(15)9-23/h2-4,6,13,15-17,23H,5,7-9H2,1H3,(H,21,24)/t13-,15-,16+,17+/m0/s1. The first-order valence-electron chi connectivity index (χ1n) is 8.82. The lowest BCUT2D eigenvalue weighted by Crippen LogP contribution is -2.33. The summed E-state index contributed by atoms with van der Waals surface area (Å²) in [4.78, 5) is 24.4. The molecule has 7 heteroatoms. The number of nitrogens with zero attached hydrogens (tertiary/aromatic N) is 1. The molecule has 2 fully saturated rings. The second-order valence-electron chi connectivity index (χ2n) is 7.20. The Bertz CT molecular complexity index is 794. The first kappa shape index (κ1) is 17.0. The number of rotatable bonds is 5. The Balaban J connectivity index is 1.46. The van der Waals surface area contributed by atoms with Crippen LogP contribution in [-0.4, -0.2) is 42.9 Å². The van der Waals surface area contributed by atoms with Gasteiger partial charge in [-0.25, -0.2) is 9.18 Å². The highest BCUT2D eigenvalue weighted by atomic mass is 19.1. The third-order valence-corrected chi connectivity index (χ3v) is 5.52. The van der Waals surface area contributed by atoms with Crippen LogP contribution < -0.4 is 10.2 Å². The number of halogens is 1. The van der Waals surface area contributed by atoms with E-state index in [1.54, 1.807) is 12.1 Å². The molecule has 2 amide bonds. The Hall–Kier alpha value is -2.41. The van der Waals surface area contributed by atoms with Crippen LogP contribution in [-0.2, 0) is 9.53 Å². The molecule has 6 nitrogen and oxygen atoms in total. The largest absolute Gasteiger partial charge is 0.442 e. The van der Waals surface area contributed by atoms with Gasteiger partial charge in [-0.05, 0) is 47.9 Å². The lowest BCUT2D eigenvalue weighted by Gasteiger charge is -2.15. The van der Waals surface area contributed by atoms with Crippen LogP contribution in [0, 0.1) is 23.6 Å². The first-order chi connectivity index (χ1) is 12.5. The summed E-state index contributed by atoms with van der Waals surface area (Å²) in [6.07, 6.45) is 1.86. The topological polar surface area (TPSA) is 78.9 Å². The Kier molecular flexibility index (Phi) is 4.19. The number of hydrogen-bond donors (Lipinski definition) is 2. The summed E-state index contributed by atoms with van der Waals surface area (Å²) in [5.41, 5.74) is 1.97. The van der Waals surface area contributed by atoms with E-state index in [2.05, 4.69) is 11.4 Å². The van der Waals surface area contributed by atoms with Gasteiger partial charge in [0.15, 0.2) is 0 Å². The lowest BCUT2D eigenvalue weighted by molar-refractivity contribution is -0.119. The molecular weight excluding hydrogens is 339 g/mol. The van der Waals surface area contributed by atoms with Crippen molar-refractivity contribution in [2.24, 2.45) is 17.8 Å². The maximum absolute atomic E-state index is 14.6. The van der Waals surface area contributed by atoms with E-state index in [1.165, 1.54) is 17.9 Å². The number of aliphatic hydroxyl groups is 1. The van der Waals surface area contributed by atoms with Crippen LogP contribution in [0.2, 0.25) is 0 Å². The number of carbonyl (C=O) groups is 2. The Labute approximate surface area is 150 Å². The van der Waals surface area contributed by atoms with Gasteiger partial charge in [0.05, 0.1) is 18.8 Å². The van der Waals surface area contributed by atoms with Crippen LogP contribution >= 0.6 is 0 Å². The number of anilines is 1. The van der Waals surface area contributed by atoms with Crippen molar-refractivity contribution < 1.29 is 23.8 Å². The smallest absolute Gasteiger partial charge is 0.414 e. The number of fused-ring (bicyclic) bond motifs is 1. The monoisotopic (exact) mass is 360 g/mol. The molecule has 0 aromatic heterocycles. The molecule has 4 rings (SSSR count). The summed E-state index contributed by atoms with van der Waals surface area (Å²) in [6.45, 7) is 2.09. The minimum Gasteiger partial charge on any atom is -0.442 e. The van der Waals surface area contributed by atoms with E-state index >= 15 is 0 Å². The molecule has 0 spiro atoms. The van der Waals surface area contributed by atoms with Crippen molar-refractivity contribution in [1.29, 1.82) is 0 Å². The van der Waals surface area contributed by atoms with E-state index in [-0.39, 0.29) is 31.4 Å². The number of hydrogen-bond acceptors (Lipinski definition) is 4. The number of amides is 2. The van der Waals surface area contributed by atoms with Crippen LogP contribution in [0.1, 0.15) is 18.9 Å². The van der Waals surface area contributed by atoms with E-state index < -0.39 is 12.2 Å². The van der Waals surface area contributed by atoms with Gasteiger partial charge in [-0.3, -0.25) is 9.69 Å².